The average Bonchev–Trinajstić information content (AvgIpc) is 2.92. The first-order valence-electron chi connectivity index (χ1n) is 8.97. The van der Waals surface area contributed by atoms with Gasteiger partial charge < -0.3 is 14.8 Å². The second-order valence-corrected chi connectivity index (χ2v) is 6.97. The smallest absolute Gasteiger partial charge is 0.395 e. The lowest BCUT2D eigenvalue weighted by Crippen LogP contribution is -2.47. The van der Waals surface area contributed by atoms with Gasteiger partial charge in [0, 0.05) is 37.8 Å². The van der Waals surface area contributed by atoms with Crippen molar-refractivity contribution in [2.24, 2.45) is 5.92 Å². The number of ether oxygens (including phenoxy) is 2. The van der Waals surface area contributed by atoms with Crippen LogP contribution in [-0.4, -0.2) is 37.4 Å². The van der Waals surface area contributed by atoms with Gasteiger partial charge in [0.05, 0.1) is 0 Å². The number of alkyl halides is 2. The number of para-hydroxylation sites is 1. The molecular weight excluding hydrogens is 314 g/mol. The monoisotopic (exact) mass is 338 g/mol. The fourth-order valence-electron chi connectivity index (χ4n) is 4.38. The van der Waals surface area contributed by atoms with Crippen molar-refractivity contribution in [2.75, 3.05) is 26.2 Å². The summed E-state index contributed by atoms with van der Waals surface area (Å²) in [6, 6.07) is 5.43. The summed E-state index contributed by atoms with van der Waals surface area (Å²) in [4.78, 5) is 2.43. The minimum atomic E-state index is -3.56. The van der Waals surface area contributed by atoms with Crippen LogP contribution in [0.25, 0.3) is 0 Å². The number of hydrogen-bond donors (Lipinski definition) is 1. The molecule has 2 aliphatic heterocycles. The van der Waals surface area contributed by atoms with Gasteiger partial charge in [-0.2, -0.15) is 0 Å². The lowest BCUT2D eigenvalue weighted by atomic mass is 9.80. The summed E-state index contributed by atoms with van der Waals surface area (Å²) in [5, 5.41) is 3.37. The largest absolute Gasteiger partial charge is 0.586 e. The standard InChI is InChI=1S/C18H24F2N2O2/c19-18(20)23-15-8-4-7-14(17(15)24-18)16(13-5-2-1-3-6-13)22-11-9-21-10-12-22/h4,7-8,13,16,21H,1-3,5-6,9-12H2/t16-/m1/s1. The lowest BCUT2D eigenvalue weighted by Gasteiger charge is -2.41. The van der Waals surface area contributed by atoms with Gasteiger partial charge in [-0.25, -0.2) is 0 Å². The van der Waals surface area contributed by atoms with Crippen LogP contribution in [0, 0.1) is 5.92 Å². The van der Waals surface area contributed by atoms with Gasteiger partial charge in [0.15, 0.2) is 11.5 Å². The Kier molecular flexibility index (Phi) is 4.35. The van der Waals surface area contributed by atoms with Crippen molar-refractivity contribution in [3.05, 3.63) is 23.8 Å². The van der Waals surface area contributed by atoms with E-state index in [0.29, 0.717) is 5.92 Å². The maximum atomic E-state index is 13.6. The molecule has 132 valence electrons. The third kappa shape index (κ3) is 3.09. The molecule has 0 bridgehead atoms. The van der Waals surface area contributed by atoms with Crippen LogP contribution in [0.3, 0.4) is 0 Å². The molecule has 0 unspecified atom stereocenters. The highest BCUT2D eigenvalue weighted by Gasteiger charge is 2.46. The predicted octanol–water partition coefficient (Wildman–Crippen LogP) is 3.53. The van der Waals surface area contributed by atoms with E-state index in [4.69, 9.17) is 4.74 Å². The van der Waals surface area contributed by atoms with Gasteiger partial charge in [0.2, 0.25) is 0 Å². The molecule has 0 amide bonds. The summed E-state index contributed by atoms with van der Waals surface area (Å²) in [7, 11) is 0. The van der Waals surface area contributed by atoms with E-state index in [1.54, 1.807) is 12.1 Å². The first-order valence-corrected chi connectivity index (χ1v) is 8.97. The number of hydrogen-bond acceptors (Lipinski definition) is 4. The van der Waals surface area contributed by atoms with Crippen LogP contribution in [0.2, 0.25) is 0 Å². The minimum Gasteiger partial charge on any atom is -0.395 e. The van der Waals surface area contributed by atoms with E-state index in [-0.39, 0.29) is 17.5 Å². The number of rotatable bonds is 3. The Morgan fingerprint density at radius 3 is 2.58 bits per heavy atom. The molecule has 1 aromatic carbocycles. The minimum absolute atomic E-state index is 0.125. The zero-order valence-electron chi connectivity index (χ0n) is 13.8. The molecule has 4 rings (SSSR count). The van der Waals surface area contributed by atoms with Gasteiger partial charge in [-0.1, -0.05) is 31.4 Å². The number of nitrogens with one attached hydrogen (secondary N) is 1. The van der Waals surface area contributed by atoms with Crippen molar-refractivity contribution in [1.82, 2.24) is 10.2 Å². The predicted molar refractivity (Wildman–Crippen MR) is 86.4 cm³/mol. The SMILES string of the molecule is FC1(F)Oc2cccc([C@@H](C3CCCCC3)N3CCNCC3)c2O1. The molecule has 4 nitrogen and oxygen atoms in total. The zero-order valence-corrected chi connectivity index (χ0v) is 13.8. The third-order valence-corrected chi connectivity index (χ3v) is 5.42. The normalized spacial score (nSPS) is 25.6. The van der Waals surface area contributed by atoms with Crippen molar-refractivity contribution >= 4 is 0 Å². The fourth-order valence-corrected chi connectivity index (χ4v) is 4.38. The van der Waals surface area contributed by atoms with Crippen molar-refractivity contribution in [3.63, 3.8) is 0 Å². The second kappa shape index (κ2) is 6.48. The van der Waals surface area contributed by atoms with E-state index < -0.39 is 6.29 Å². The van der Waals surface area contributed by atoms with Crippen LogP contribution >= 0.6 is 0 Å². The first kappa shape index (κ1) is 16.1. The Morgan fingerprint density at radius 2 is 1.83 bits per heavy atom. The quantitative estimate of drug-likeness (QED) is 0.914. The van der Waals surface area contributed by atoms with E-state index in [1.165, 1.54) is 19.3 Å². The maximum absolute atomic E-state index is 13.6. The molecule has 1 N–H and O–H groups in total. The van der Waals surface area contributed by atoms with Gasteiger partial charge in [-0.05, 0) is 24.8 Å². The Morgan fingerprint density at radius 1 is 1.08 bits per heavy atom. The molecule has 1 aromatic rings. The van der Waals surface area contributed by atoms with Crippen LogP contribution in [-0.2, 0) is 0 Å². The average molecular weight is 338 g/mol. The molecule has 1 atom stereocenters. The van der Waals surface area contributed by atoms with Crippen LogP contribution < -0.4 is 14.8 Å². The molecule has 0 aromatic heterocycles. The first-order chi connectivity index (χ1) is 11.6. The molecule has 6 heteroatoms. The Balaban J connectivity index is 1.70. The van der Waals surface area contributed by atoms with E-state index in [2.05, 4.69) is 15.0 Å². The summed E-state index contributed by atoms with van der Waals surface area (Å²) in [5.74, 6) is 0.881. The van der Waals surface area contributed by atoms with E-state index in [0.717, 1.165) is 44.6 Å². The zero-order chi connectivity index (χ0) is 16.6. The number of piperazine rings is 1. The Labute approximate surface area is 141 Å². The van der Waals surface area contributed by atoms with Gasteiger partial charge in [0.1, 0.15) is 0 Å². The fraction of sp³-hybridized carbons (Fsp3) is 0.667. The summed E-state index contributed by atoms with van der Waals surface area (Å²) < 4.78 is 36.8. The van der Waals surface area contributed by atoms with Gasteiger partial charge in [0.25, 0.3) is 0 Å². The third-order valence-electron chi connectivity index (χ3n) is 5.42. The molecule has 1 aliphatic carbocycles. The highest BCUT2D eigenvalue weighted by atomic mass is 19.3. The van der Waals surface area contributed by atoms with Crippen molar-refractivity contribution in [1.29, 1.82) is 0 Å². The summed E-state index contributed by atoms with van der Waals surface area (Å²) in [5.41, 5.74) is 0.860. The topological polar surface area (TPSA) is 33.7 Å². The number of benzene rings is 1. The van der Waals surface area contributed by atoms with Gasteiger partial charge in [-0.15, -0.1) is 8.78 Å². The van der Waals surface area contributed by atoms with Crippen LogP contribution in [0.4, 0.5) is 8.78 Å². The Bertz CT molecular complexity index is 566. The molecule has 24 heavy (non-hydrogen) atoms. The van der Waals surface area contributed by atoms with E-state index in [9.17, 15) is 8.78 Å². The van der Waals surface area contributed by atoms with Gasteiger partial charge >= 0.3 is 6.29 Å². The van der Waals surface area contributed by atoms with Crippen LogP contribution in [0.1, 0.15) is 43.7 Å². The van der Waals surface area contributed by atoms with Crippen LogP contribution in [0.15, 0.2) is 18.2 Å². The maximum Gasteiger partial charge on any atom is 0.586 e. The number of halogens is 2. The molecule has 2 fully saturated rings. The summed E-state index contributed by atoms with van der Waals surface area (Å²) in [6.45, 7) is 3.74. The molecule has 0 spiro atoms. The molecular formula is C18H24F2N2O2. The Hall–Kier alpha value is -1.40. The summed E-state index contributed by atoms with van der Waals surface area (Å²) >= 11 is 0. The number of fused-ring (bicyclic) bond motifs is 1. The lowest BCUT2D eigenvalue weighted by molar-refractivity contribution is -0.287. The highest BCUT2D eigenvalue weighted by Crippen LogP contribution is 2.49. The second-order valence-electron chi connectivity index (χ2n) is 6.97. The van der Waals surface area contributed by atoms with Crippen molar-refractivity contribution < 1.29 is 18.3 Å². The molecule has 3 aliphatic rings. The van der Waals surface area contributed by atoms with Crippen molar-refractivity contribution in [3.8, 4) is 11.5 Å². The van der Waals surface area contributed by atoms with Crippen molar-refractivity contribution in [2.45, 2.75) is 44.4 Å². The van der Waals surface area contributed by atoms with E-state index in [1.807, 2.05) is 6.07 Å². The molecule has 1 saturated carbocycles. The molecule has 2 heterocycles. The highest BCUT2D eigenvalue weighted by molar-refractivity contribution is 5.50. The van der Waals surface area contributed by atoms with Crippen LogP contribution in [0.5, 0.6) is 11.5 Å². The van der Waals surface area contributed by atoms with Gasteiger partial charge in [-0.3, -0.25) is 4.90 Å². The molecule has 0 radical (unpaired) electrons. The number of nitrogens with zero attached hydrogens (tertiary/aromatic N) is 1. The summed E-state index contributed by atoms with van der Waals surface area (Å²) in [6.07, 6.45) is 2.45. The van der Waals surface area contributed by atoms with E-state index >= 15 is 0 Å². The molecule has 1 saturated heterocycles.